The number of rotatable bonds is 0. The second kappa shape index (κ2) is 5.18. The first-order valence-electron chi connectivity index (χ1n) is 0.894. The fourth-order valence-corrected chi connectivity index (χ4v) is 0. The summed E-state index contributed by atoms with van der Waals surface area (Å²) in [6.45, 7) is 0. The van der Waals surface area contributed by atoms with Crippen LogP contribution in [0.1, 0.15) is 2.85 Å². The first-order valence-corrected chi connectivity index (χ1v) is 2.68. The van der Waals surface area contributed by atoms with Crippen LogP contribution < -0.4 is 0 Å². The van der Waals surface area contributed by atoms with Gasteiger partial charge in [0.05, 0.1) is 0 Å². The van der Waals surface area contributed by atoms with Gasteiger partial charge in [0.1, 0.15) is 0 Å². The predicted octanol–water partition coefficient (Wildman–Crippen LogP) is -4.22. The second-order valence-electron chi connectivity index (χ2n) is 0.600. The molecule has 0 atom stereocenters. The van der Waals surface area contributed by atoms with E-state index >= 15 is 0 Å². The van der Waals surface area contributed by atoms with E-state index in [4.69, 9.17) is 19.2 Å². The molecule has 4 N–H and O–H groups in total. The van der Waals surface area contributed by atoms with Crippen LogP contribution >= 0.6 is 0 Å². The molecule has 0 aliphatic carbocycles. The molecular weight excluding hydrogens is 144 g/mol. The van der Waals surface area contributed by atoms with Gasteiger partial charge in [-0.15, -0.1) is 0 Å². The third kappa shape index (κ3) is 165. The van der Waals surface area contributed by atoms with E-state index in [2.05, 4.69) is 0 Å². The zero-order valence-corrected chi connectivity index (χ0v) is 5.41. The maximum Gasteiger partial charge on any atom is 2.00 e. The Balaban J connectivity index is -0.0000000133. The largest absolute Gasteiger partial charge is 2.00 e. The minimum atomic E-state index is -4.61. The van der Waals surface area contributed by atoms with E-state index in [0.717, 1.165) is 0 Å². The molecule has 7 heteroatoms. The molecule has 0 amide bonds. The van der Waals surface area contributed by atoms with Crippen LogP contribution in [-0.2, 0) is 0 Å². The van der Waals surface area contributed by atoms with Gasteiger partial charge in [-0.05, 0) is 11.0 Å². The van der Waals surface area contributed by atoms with E-state index in [1.54, 1.807) is 0 Å². The Morgan fingerprint density at radius 3 is 1.00 bits per heavy atom. The molecule has 44 valence electrons. The van der Waals surface area contributed by atoms with Crippen LogP contribution in [0.5, 0.6) is 0 Å². The molecule has 0 aromatic carbocycles. The summed E-state index contributed by atoms with van der Waals surface area (Å²) < 4.78 is 0. The van der Waals surface area contributed by atoms with Crippen molar-refractivity contribution < 1.29 is 22.0 Å². The van der Waals surface area contributed by atoms with Gasteiger partial charge in [0.25, 0.3) is 0 Å². The van der Waals surface area contributed by atoms with Crippen LogP contribution in [0.2, 0.25) is 0 Å². The second-order valence-corrected chi connectivity index (χ2v) is 1.80. The summed E-state index contributed by atoms with van der Waals surface area (Å²) >= 11 is 0. The molecule has 0 spiro atoms. The molecule has 0 radical (unpaired) electrons. The molecule has 0 aromatic heterocycles. The Bertz CT molecular complexity index is 32.0. The quantitative estimate of drug-likeness (QED) is 0.267. The monoisotopic (exact) mass is 154 g/mol. The average Bonchev–Trinajstić information content (AvgIpc) is 0.722. The molecule has 0 fully saturated rings. The fraction of sp³-hybridized carbons (Fsp3) is 0. The first kappa shape index (κ1) is 15.7. The summed E-state index contributed by atoms with van der Waals surface area (Å²) in [7, 11) is -4.61. The topological polar surface area (TPSA) is 80.9 Å². The van der Waals surface area contributed by atoms with E-state index in [-0.39, 0.29) is 36.9 Å². The zero-order valence-electron chi connectivity index (χ0n) is 5.00. The molecule has 4 nitrogen and oxygen atoms in total. The summed E-state index contributed by atoms with van der Waals surface area (Å²) in [4.78, 5) is 29.3. The van der Waals surface area contributed by atoms with Crippen molar-refractivity contribution in [3.05, 3.63) is 0 Å². The van der Waals surface area contributed by atoms with Crippen molar-refractivity contribution in [3.8, 4) is 0 Å². The fourth-order valence-electron chi connectivity index (χ4n) is 0. The van der Waals surface area contributed by atoms with E-state index in [1.165, 1.54) is 0 Å². The van der Waals surface area contributed by atoms with Crippen molar-refractivity contribution in [2.24, 2.45) is 0 Å². The van der Waals surface area contributed by atoms with Gasteiger partial charge in [-0.25, -0.2) is 0 Å². The summed E-state index contributed by atoms with van der Waals surface area (Å²) in [5.41, 5.74) is 0. The standard InChI is InChI=1S/Mg.H4O4Si.H4Si.2H/c;1-5(2,3)4;;;/h;1-4H;1H4;;/q+2;;;2*-1. The van der Waals surface area contributed by atoms with Crippen LogP contribution in [0.25, 0.3) is 0 Å². The van der Waals surface area contributed by atoms with Gasteiger partial charge in [0.2, 0.25) is 0 Å². The van der Waals surface area contributed by atoms with Gasteiger partial charge in [0, 0.05) is 0 Å². The first-order chi connectivity index (χ1) is 2.00. The molecule has 0 aliphatic heterocycles. The maximum absolute atomic E-state index is 7.33. The Morgan fingerprint density at radius 1 is 1.00 bits per heavy atom. The van der Waals surface area contributed by atoms with Crippen molar-refractivity contribution in [3.63, 3.8) is 0 Å². The average molecular weight is 155 g/mol. The SMILES string of the molecule is O[Si](O)(O)O.[H-].[H-].[Mg+2].[SiH4]. The van der Waals surface area contributed by atoms with Crippen molar-refractivity contribution in [1.29, 1.82) is 0 Å². The number of hydrogen-bond acceptors (Lipinski definition) is 4. The van der Waals surface area contributed by atoms with Crippen molar-refractivity contribution in [1.82, 2.24) is 0 Å². The molecule has 0 aliphatic rings. The Morgan fingerprint density at radius 2 is 1.00 bits per heavy atom. The summed E-state index contributed by atoms with van der Waals surface area (Å²) in [5, 5.41) is 0. The van der Waals surface area contributed by atoms with Crippen LogP contribution in [0, 0.1) is 0 Å². The summed E-state index contributed by atoms with van der Waals surface area (Å²) in [6, 6.07) is 0. The molecule has 0 aromatic rings. The summed E-state index contributed by atoms with van der Waals surface area (Å²) in [6.07, 6.45) is 0. The minimum Gasteiger partial charge on any atom is -1.00 e. The molecule has 0 saturated heterocycles. The van der Waals surface area contributed by atoms with Gasteiger partial charge in [0.15, 0.2) is 0 Å². The predicted molar refractivity (Wildman–Crippen MR) is 33.9 cm³/mol. The van der Waals surface area contributed by atoms with Crippen LogP contribution in [-0.4, -0.2) is 62.2 Å². The molecule has 0 heterocycles. The van der Waals surface area contributed by atoms with Gasteiger partial charge >= 0.3 is 32.1 Å². The number of hydrogen-bond donors (Lipinski definition) is 4. The zero-order chi connectivity index (χ0) is 4.50. The van der Waals surface area contributed by atoms with Crippen LogP contribution in [0.4, 0.5) is 0 Å². The molecular formula is H10MgO4Si2. The smallest absolute Gasteiger partial charge is 1.00 e. The molecule has 0 saturated carbocycles. The maximum atomic E-state index is 7.33. The van der Waals surface area contributed by atoms with Gasteiger partial charge in [-0.1, -0.05) is 0 Å². The van der Waals surface area contributed by atoms with Gasteiger partial charge in [-0.3, -0.25) is 0 Å². The van der Waals surface area contributed by atoms with Crippen LogP contribution in [0.15, 0.2) is 0 Å². The van der Waals surface area contributed by atoms with Crippen LogP contribution in [0.3, 0.4) is 0 Å². The molecule has 0 unspecified atom stereocenters. The molecule has 0 bridgehead atoms. The van der Waals surface area contributed by atoms with E-state index in [0.29, 0.717) is 0 Å². The molecule has 7 heavy (non-hydrogen) atoms. The Hall–Kier alpha value is 1.04. The van der Waals surface area contributed by atoms with Gasteiger partial charge in [-0.2, -0.15) is 0 Å². The van der Waals surface area contributed by atoms with Crippen molar-refractivity contribution in [2.75, 3.05) is 0 Å². The third-order valence-corrected chi connectivity index (χ3v) is 0. The minimum absolute atomic E-state index is 0. The van der Waals surface area contributed by atoms with Gasteiger partial charge < -0.3 is 22.0 Å². The summed E-state index contributed by atoms with van der Waals surface area (Å²) in [5.74, 6) is 0. The third-order valence-electron chi connectivity index (χ3n) is 0. The Labute approximate surface area is 65.4 Å². The normalized spacial score (nSPS) is 8.57. The van der Waals surface area contributed by atoms with Crippen molar-refractivity contribution >= 4 is 43.1 Å². The Kier molecular flexibility index (Phi) is 11.6. The van der Waals surface area contributed by atoms with E-state index in [1.807, 2.05) is 0 Å². The van der Waals surface area contributed by atoms with Crippen molar-refractivity contribution in [2.45, 2.75) is 0 Å². The van der Waals surface area contributed by atoms with E-state index in [9.17, 15) is 0 Å². The molecule has 0 rings (SSSR count). The van der Waals surface area contributed by atoms with E-state index < -0.39 is 9.05 Å².